The maximum atomic E-state index is 13.1. The van der Waals surface area contributed by atoms with Crippen molar-refractivity contribution < 1.29 is 14.7 Å². The molecule has 7 nitrogen and oxygen atoms in total. The fourth-order valence-electron chi connectivity index (χ4n) is 4.78. The average molecular weight is 423 g/mol. The van der Waals surface area contributed by atoms with Crippen molar-refractivity contribution in [3.05, 3.63) is 58.4 Å². The van der Waals surface area contributed by atoms with E-state index in [2.05, 4.69) is 10.00 Å². The molecule has 4 rings (SSSR count). The molecule has 164 valence electrons. The molecule has 0 spiro atoms. The van der Waals surface area contributed by atoms with Crippen LogP contribution in [0.25, 0.3) is 5.76 Å². The number of likely N-dealkylation sites (tertiary alicyclic amines) is 2. The maximum Gasteiger partial charge on any atom is 0.295 e. The quantitative estimate of drug-likeness (QED) is 0.455. The van der Waals surface area contributed by atoms with E-state index >= 15 is 0 Å². The number of nitrogens with zero attached hydrogens (tertiary/aromatic N) is 4. The molecule has 2 saturated heterocycles. The Morgan fingerprint density at radius 1 is 1.06 bits per heavy atom. The Morgan fingerprint density at radius 3 is 2.35 bits per heavy atom. The smallest absolute Gasteiger partial charge is 0.295 e. The van der Waals surface area contributed by atoms with Gasteiger partial charge in [-0.15, -0.1) is 0 Å². The van der Waals surface area contributed by atoms with Gasteiger partial charge in [-0.2, -0.15) is 5.10 Å². The molecule has 2 aromatic rings. The van der Waals surface area contributed by atoms with E-state index in [0.29, 0.717) is 17.8 Å². The van der Waals surface area contributed by atoms with E-state index in [-0.39, 0.29) is 11.3 Å². The van der Waals surface area contributed by atoms with E-state index in [0.717, 1.165) is 30.9 Å². The second kappa shape index (κ2) is 8.67. The summed E-state index contributed by atoms with van der Waals surface area (Å²) >= 11 is 0. The highest BCUT2D eigenvalue weighted by molar-refractivity contribution is 6.46. The van der Waals surface area contributed by atoms with E-state index in [1.807, 2.05) is 37.3 Å². The van der Waals surface area contributed by atoms with Gasteiger partial charge in [-0.25, -0.2) is 0 Å². The third kappa shape index (κ3) is 3.90. The van der Waals surface area contributed by atoms with Crippen LogP contribution < -0.4 is 0 Å². The van der Waals surface area contributed by atoms with Crippen molar-refractivity contribution in [1.29, 1.82) is 0 Å². The molecule has 1 amide bonds. The minimum absolute atomic E-state index is 0.143. The molecule has 1 atom stereocenters. The van der Waals surface area contributed by atoms with Crippen LogP contribution in [-0.4, -0.2) is 62.6 Å². The van der Waals surface area contributed by atoms with Gasteiger partial charge in [0.25, 0.3) is 11.7 Å². The molecule has 2 aliphatic heterocycles. The van der Waals surface area contributed by atoms with Crippen LogP contribution in [0.5, 0.6) is 0 Å². The van der Waals surface area contributed by atoms with Crippen molar-refractivity contribution >= 4 is 17.4 Å². The van der Waals surface area contributed by atoms with Gasteiger partial charge in [-0.05, 0) is 45.3 Å². The van der Waals surface area contributed by atoms with Crippen LogP contribution in [0.4, 0.5) is 0 Å². The molecule has 1 aromatic heterocycles. The van der Waals surface area contributed by atoms with E-state index < -0.39 is 17.7 Å². The van der Waals surface area contributed by atoms with Crippen LogP contribution in [0.15, 0.2) is 35.9 Å². The molecule has 2 aliphatic rings. The minimum Gasteiger partial charge on any atom is -0.507 e. The van der Waals surface area contributed by atoms with E-state index in [9.17, 15) is 14.7 Å². The van der Waals surface area contributed by atoms with Gasteiger partial charge in [0.1, 0.15) is 5.76 Å². The lowest BCUT2D eigenvalue weighted by Gasteiger charge is -2.31. The number of ketones is 1. The summed E-state index contributed by atoms with van der Waals surface area (Å²) in [6.45, 7) is 6.86. The molecular formula is C24H30N4O3. The summed E-state index contributed by atoms with van der Waals surface area (Å²) in [5, 5.41) is 15.6. The van der Waals surface area contributed by atoms with Crippen molar-refractivity contribution in [1.82, 2.24) is 19.6 Å². The minimum atomic E-state index is -0.632. The summed E-state index contributed by atoms with van der Waals surface area (Å²) in [5.41, 5.74) is 2.87. The molecule has 0 radical (unpaired) electrons. The largest absolute Gasteiger partial charge is 0.507 e. The number of carbonyl (C=O) groups is 2. The second-order valence-corrected chi connectivity index (χ2v) is 8.47. The number of hydrogen-bond donors (Lipinski definition) is 1. The monoisotopic (exact) mass is 422 g/mol. The van der Waals surface area contributed by atoms with Gasteiger partial charge < -0.3 is 14.9 Å². The number of amides is 1. The zero-order valence-electron chi connectivity index (χ0n) is 18.5. The predicted octanol–water partition coefficient (Wildman–Crippen LogP) is 2.94. The van der Waals surface area contributed by atoms with Crippen LogP contribution >= 0.6 is 0 Å². The van der Waals surface area contributed by atoms with Gasteiger partial charge in [0.05, 0.1) is 22.9 Å². The number of benzene rings is 1. The molecule has 1 aromatic carbocycles. The third-order valence-electron chi connectivity index (χ3n) is 6.51. The number of piperidine rings is 1. The topological polar surface area (TPSA) is 78.7 Å². The Labute approximate surface area is 183 Å². The van der Waals surface area contributed by atoms with Crippen LogP contribution in [-0.2, 0) is 16.6 Å². The van der Waals surface area contributed by atoms with Gasteiger partial charge in [-0.1, -0.05) is 36.8 Å². The molecule has 0 saturated carbocycles. The van der Waals surface area contributed by atoms with E-state index in [1.54, 1.807) is 23.6 Å². The highest BCUT2D eigenvalue weighted by Gasteiger charge is 2.46. The van der Waals surface area contributed by atoms with Crippen molar-refractivity contribution in [3.63, 3.8) is 0 Å². The molecule has 2 fully saturated rings. The Kier molecular flexibility index (Phi) is 5.96. The van der Waals surface area contributed by atoms with Gasteiger partial charge in [0.15, 0.2) is 0 Å². The van der Waals surface area contributed by atoms with Crippen molar-refractivity contribution in [2.75, 3.05) is 26.2 Å². The van der Waals surface area contributed by atoms with E-state index in [1.165, 1.54) is 19.3 Å². The zero-order chi connectivity index (χ0) is 22.1. The SMILES string of the molecule is Cc1nn(C)c(C)c1/C(O)=C1\C(=O)C(=O)N(CCN2CCCCC2)C1c1ccccc1. The number of hydrogen-bond acceptors (Lipinski definition) is 5. The fourth-order valence-corrected chi connectivity index (χ4v) is 4.78. The van der Waals surface area contributed by atoms with Crippen molar-refractivity contribution in [3.8, 4) is 0 Å². The molecule has 0 bridgehead atoms. The first-order valence-electron chi connectivity index (χ1n) is 11.0. The lowest BCUT2D eigenvalue weighted by molar-refractivity contribution is -0.140. The van der Waals surface area contributed by atoms with E-state index in [4.69, 9.17) is 0 Å². The first-order valence-corrected chi connectivity index (χ1v) is 11.0. The van der Waals surface area contributed by atoms with Gasteiger partial charge in [0, 0.05) is 25.8 Å². The molecular weight excluding hydrogens is 392 g/mol. The molecule has 0 aliphatic carbocycles. The van der Waals surface area contributed by atoms with Crippen LogP contribution in [0.2, 0.25) is 0 Å². The number of aliphatic hydroxyl groups is 1. The second-order valence-electron chi connectivity index (χ2n) is 8.47. The highest BCUT2D eigenvalue weighted by Crippen LogP contribution is 2.40. The predicted molar refractivity (Wildman–Crippen MR) is 118 cm³/mol. The summed E-state index contributed by atoms with van der Waals surface area (Å²) in [6, 6.07) is 8.88. The summed E-state index contributed by atoms with van der Waals surface area (Å²) in [4.78, 5) is 30.2. The summed E-state index contributed by atoms with van der Waals surface area (Å²) in [6.07, 6.45) is 3.58. The number of rotatable bonds is 5. The van der Waals surface area contributed by atoms with Crippen LogP contribution in [0.3, 0.4) is 0 Å². The standard InChI is InChI=1S/C24H30N4O3/c1-16-19(17(2)26(3)25-16)22(29)20-21(18-10-6-4-7-11-18)28(24(31)23(20)30)15-14-27-12-8-5-9-13-27/h4,6-7,10-11,21,29H,5,8-9,12-15H2,1-3H3/b22-20+. The Hall–Kier alpha value is -2.93. The molecule has 1 N–H and O–H groups in total. The van der Waals surface area contributed by atoms with Crippen LogP contribution in [0.1, 0.15) is 47.8 Å². The Morgan fingerprint density at radius 2 is 1.74 bits per heavy atom. The fraction of sp³-hybridized carbons (Fsp3) is 0.458. The van der Waals surface area contributed by atoms with Gasteiger partial charge in [-0.3, -0.25) is 14.3 Å². The lowest BCUT2D eigenvalue weighted by Crippen LogP contribution is -2.39. The van der Waals surface area contributed by atoms with Crippen molar-refractivity contribution in [2.24, 2.45) is 7.05 Å². The van der Waals surface area contributed by atoms with Gasteiger partial charge in [0.2, 0.25) is 0 Å². The summed E-state index contributed by atoms with van der Waals surface area (Å²) in [5.74, 6) is -1.32. The summed E-state index contributed by atoms with van der Waals surface area (Å²) < 4.78 is 1.67. The average Bonchev–Trinajstić information content (AvgIpc) is 3.18. The van der Waals surface area contributed by atoms with Gasteiger partial charge >= 0.3 is 0 Å². The molecule has 3 heterocycles. The van der Waals surface area contributed by atoms with Crippen LogP contribution in [0, 0.1) is 13.8 Å². The number of aryl methyl sites for hydroxylation is 2. The highest BCUT2D eigenvalue weighted by atomic mass is 16.3. The maximum absolute atomic E-state index is 13.1. The number of aromatic nitrogens is 2. The molecule has 31 heavy (non-hydrogen) atoms. The molecule has 7 heteroatoms. The zero-order valence-corrected chi connectivity index (χ0v) is 18.5. The Balaban J connectivity index is 1.76. The first kappa shape index (κ1) is 21.3. The normalized spacial score (nSPS) is 21.8. The lowest BCUT2D eigenvalue weighted by atomic mass is 9.94. The number of aliphatic hydroxyl groups excluding tert-OH is 1. The molecule has 1 unspecified atom stereocenters. The third-order valence-corrected chi connectivity index (χ3v) is 6.51. The Bertz CT molecular complexity index is 1020. The first-order chi connectivity index (χ1) is 14.9. The number of Topliss-reactive ketones (excluding diaryl/α,β-unsaturated/α-hetero) is 1. The summed E-state index contributed by atoms with van der Waals surface area (Å²) in [7, 11) is 1.80. The van der Waals surface area contributed by atoms with Crippen molar-refractivity contribution in [2.45, 2.75) is 39.2 Å². The number of carbonyl (C=O) groups excluding carboxylic acids is 2.